The van der Waals surface area contributed by atoms with Crippen molar-refractivity contribution in [1.82, 2.24) is 5.32 Å². The van der Waals surface area contributed by atoms with E-state index in [1.807, 2.05) is 37.3 Å². The SMILES string of the molecule is COc1cc(Br)c(C=O)cc1OCC(=O)NC[C@H](C)c1ccccc1. The second-order valence-corrected chi connectivity index (χ2v) is 6.40. The number of benzene rings is 2. The van der Waals surface area contributed by atoms with Gasteiger partial charge in [0.25, 0.3) is 5.91 Å². The lowest BCUT2D eigenvalue weighted by atomic mass is 10.0. The highest BCUT2D eigenvalue weighted by Crippen LogP contribution is 2.32. The zero-order chi connectivity index (χ0) is 18.2. The molecule has 0 bridgehead atoms. The molecule has 0 saturated heterocycles. The first kappa shape index (κ1) is 19.0. The Hall–Kier alpha value is -2.34. The fourth-order valence-electron chi connectivity index (χ4n) is 2.27. The molecule has 0 heterocycles. The minimum absolute atomic E-state index is 0.155. The molecular weight excluding hydrogens is 386 g/mol. The molecule has 0 aliphatic heterocycles. The zero-order valence-electron chi connectivity index (χ0n) is 14.1. The molecule has 2 rings (SSSR count). The third kappa shape index (κ3) is 5.32. The number of nitrogens with one attached hydrogen (secondary N) is 1. The van der Waals surface area contributed by atoms with Gasteiger partial charge in [0, 0.05) is 16.6 Å². The molecule has 0 fully saturated rings. The molecule has 0 aliphatic carbocycles. The van der Waals surface area contributed by atoms with E-state index in [0.29, 0.717) is 34.4 Å². The number of ether oxygens (including phenoxy) is 2. The van der Waals surface area contributed by atoms with Crippen molar-refractivity contribution in [2.24, 2.45) is 0 Å². The van der Waals surface area contributed by atoms with Gasteiger partial charge in [-0.25, -0.2) is 0 Å². The summed E-state index contributed by atoms with van der Waals surface area (Å²) in [6, 6.07) is 13.1. The van der Waals surface area contributed by atoms with Crippen LogP contribution in [0, 0.1) is 0 Å². The predicted octanol–water partition coefficient (Wildman–Crippen LogP) is 3.57. The highest BCUT2D eigenvalue weighted by atomic mass is 79.9. The first-order chi connectivity index (χ1) is 12.0. The summed E-state index contributed by atoms with van der Waals surface area (Å²) in [6.07, 6.45) is 0.706. The highest BCUT2D eigenvalue weighted by molar-refractivity contribution is 9.10. The molecule has 0 aliphatic rings. The van der Waals surface area contributed by atoms with Crippen molar-refractivity contribution in [3.8, 4) is 11.5 Å². The van der Waals surface area contributed by atoms with Crippen LogP contribution in [0.5, 0.6) is 11.5 Å². The van der Waals surface area contributed by atoms with Crippen LogP contribution >= 0.6 is 15.9 Å². The smallest absolute Gasteiger partial charge is 0.257 e. The summed E-state index contributed by atoms with van der Waals surface area (Å²) in [5.74, 6) is 0.761. The lowest BCUT2D eigenvalue weighted by Crippen LogP contribution is -2.31. The molecule has 25 heavy (non-hydrogen) atoms. The Kier molecular flexibility index (Phi) is 7.01. The van der Waals surface area contributed by atoms with E-state index in [-0.39, 0.29) is 18.4 Å². The lowest BCUT2D eigenvalue weighted by molar-refractivity contribution is -0.123. The summed E-state index contributed by atoms with van der Waals surface area (Å²) < 4.78 is 11.3. The number of hydrogen-bond acceptors (Lipinski definition) is 4. The van der Waals surface area contributed by atoms with E-state index < -0.39 is 0 Å². The number of methoxy groups -OCH3 is 1. The zero-order valence-corrected chi connectivity index (χ0v) is 15.7. The monoisotopic (exact) mass is 405 g/mol. The van der Waals surface area contributed by atoms with Gasteiger partial charge >= 0.3 is 0 Å². The molecular formula is C19H20BrNO4. The number of carbonyl (C=O) groups excluding carboxylic acids is 2. The molecule has 1 amide bonds. The molecule has 2 aromatic carbocycles. The van der Waals surface area contributed by atoms with Crippen LogP contribution in [0.2, 0.25) is 0 Å². The van der Waals surface area contributed by atoms with Crippen molar-refractivity contribution >= 4 is 28.1 Å². The Morgan fingerprint density at radius 3 is 2.60 bits per heavy atom. The Morgan fingerprint density at radius 1 is 1.24 bits per heavy atom. The third-order valence-corrected chi connectivity index (χ3v) is 4.43. The van der Waals surface area contributed by atoms with Gasteiger partial charge in [-0.2, -0.15) is 0 Å². The van der Waals surface area contributed by atoms with Crippen molar-refractivity contribution in [2.45, 2.75) is 12.8 Å². The van der Waals surface area contributed by atoms with Crippen LogP contribution in [-0.4, -0.2) is 32.5 Å². The first-order valence-corrected chi connectivity index (χ1v) is 8.61. The maximum absolute atomic E-state index is 12.0. The van der Waals surface area contributed by atoms with Crippen LogP contribution in [0.25, 0.3) is 0 Å². The summed E-state index contributed by atoms with van der Waals surface area (Å²) in [6.45, 7) is 2.41. The molecule has 0 spiro atoms. The predicted molar refractivity (Wildman–Crippen MR) is 99.4 cm³/mol. The van der Waals surface area contributed by atoms with Gasteiger partial charge in [-0.3, -0.25) is 9.59 Å². The summed E-state index contributed by atoms with van der Waals surface area (Å²) >= 11 is 3.28. The number of aldehydes is 1. The molecule has 0 saturated carbocycles. The summed E-state index contributed by atoms with van der Waals surface area (Å²) in [5, 5.41) is 2.85. The summed E-state index contributed by atoms with van der Waals surface area (Å²) in [7, 11) is 1.50. The molecule has 0 radical (unpaired) electrons. The van der Waals surface area contributed by atoms with E-state index in [0.717, 1.165) is 5.56 Å². The molecule has 0 aromatic heterocycles. The third-order valence-electron chi connectivity index (χ3n) is 3.74. The van der Waals surface area contributed by atoms with Crippen molar-refractivity contribution in [1.29, 1.82) is 0 Å². The molecule has 2 aromatic rings. The van der Waals surface area contributed by atoms with Gasteiger partial charge in [0.1, 0.15) is 0 Å². The van der Waals surface area contributed by atoms with E-state index in [9.17, 15) is 9.59 Å². The Balaban J connectivity index is 1.90. The number of rotatable bonds is 8. The van der Waals surface area contributed by atoms with Gasteiger partial charge in [-0.15, -0.1) is 0 Å². The maximum Gasteiger partial charge on any atom is 0.257 e. The minimum atomic E-state index is -0.236. The summed E-state index contributed by atoms with van der Waals surface area (Å²) in [4.78, 5) is 23.0. The normalized spacial score (nSPS) is 11.5. The highest BCUT2D eigenvalue weighted by Gasteiger charge is 2.12. The van der Waals surface area contributed by atoms with Crippen LogP contribution in [-0.2, 0) is 4.79 Å². The molecule has 6 heteroatoms. The van der Waals surface area contributed by atoms with Gasteiger partial charge in [0.15, 0.2) is 24.4 Å². The molecule has 1 N–H and O–H groups in total. The van der Waals surface area contributed by atoms with Crippen LogP contribution in [0.15, 0.2) is 46.9 Å². The van der Waals surface area contributed by atoms with Crippen molar-refractivity contribution < 1.29 is 19.1 Å². The topological polar surface area (TPSA) is 64.6 Å². The lowest BCUT2D eigenvalue weighted by Gasteiger charge is -2.14. The Morgan fingerprint density at radius 2 is 1.96 bits per heavy atom. The van der Waals surface area contributed by atoms with Crippen LogP contribution in [0.3, 0.4) is 0 Å². The minimum Gasteiger partial charge on any atom is -0.493 e. The fourth-order valence-corrected chi connectivity index (χ4v) is 2.69. The largest absolute Gasteiger partial charge is 0.493 e. The van der Waals surface area contributed by atoms with Crippen molar-refractivity contribution in [3.63, 3.8) is 0 Å². The average Bonchev–Trinajstić information content (AvgIpc) is 2.65. The number of amides is 1. The Bertz CT molecular complexity index is 734. The average molecular weight is 406 g/mol. The van der Waals surface area contributed by atoms with Gasteiger partial charge in [-0.1, -0.05) is 37.3 Å². The van der Waals surface area contributed by atoms with E-state index in [2.05, 4.69) is 21.2 Å². The summed E-state index contributed by atoms with van der Waals surface area (Å²) in [5.41, 5.74) is 1.59. The van der Waals surface area contributed by atoms with Gasteiger partial charge < -0.3 is 14.8 Å². The quantitative estimate of drug-likeness (QED) is 0.681. The van der Waals surface area contributed by atoms with Gasteiger partial charge in [-0.05, 0) is 39.5 Å². The fraction of sp³-hybridized carbons (Fsp3) is 0.263. The first-order valence-electron chi connectivity index (χ1n) is 7.82. The number of carbonyl (C=O) groups is 2. The number of halogens is 1. The standard InChI is InChI=1S/C19H20BrNO4/c1-13(14-6-4-3-5-7-14)10-21-19(23)12-25-18-8-15(11-22)16(20)9-17(18)24-2/h3-9,11,13H,10,12H2,1-2H3,(H,21,23)/t13-/m0/s1. The number of hydrogen-bond donors (Lipinski definition) is 1. The second-order valence-electron chi connectivity index (χ2n) is 5.55. The molecule has 1 atom stereocenters. The van der Waals surface area contributed by atoms with Gasteiger partial charge in [0.2, 0.25) is 0 Å². The molecule has 132 valence electrons. The van der Waals surface area contributed by atoms with Crippen LogP contribution in [0.4, 0.5) is 0 Å². The van der Waals surface area contributed by atoms with E-state index >= 15 is 0 Å². The van der Waals surface area contributed by atoms with Crippen LogP contribution < -0.4 is 14.8 Å². The van der Waals surface area contributed by atoms with E-state index in [4.69, 9.17) is 9.47 Å². The van der Waals surface area contributed by atoms with Crippen molar-refractivity contribution in [2.75, 3.05) is 20.3 Å². The van der Waals surface area contributed by atoms with E-state index in [1.165, 1.54) is 13.2 Å². The van der Waals surface area contributed by atoms with Crippen molar-refractivity contribution in [3.05, 3.63) is 58.1 Å². The van der Waals surface area contributed by atoms with E-state index in [1.54, 1.807) is 6.07 Å². The Labute approximate surface area is 155 Å². The molecule has 5 nitrogen and oxygen atoms in total. The maximum atomic E-state index is 12.0. The van der Waals surface area contributed by atoms with Gasteiger partial charge in [0.05, 0.1) is 7.11 Å². The molecule has 0 unspecified atom stereocenters. The van der Waals surface area contributed by atoms with Crippen LogP contribution in [0.1, 0.15) is 28.8 Å². The second kappa shape index (κ2) is 9.22.